The second-order valence-electron chi connectivity index (χ2n) is 4.28. The SMILES string of the molecule is CCOC(=O)CCNC(=O)[C@@H](C)Sc1ccc(OC)cc1. The first-order chi connectivity index (χ1) is 10.1. The molecule has 0 saturated carbocycles. The van der Waals surface area contributed by atoms with E-state index in [1.165, 1.54) is 11.8 Å². The summed E-state index contributed by atoms with van der Waals surface area (Å²) in [6, 6.07) is 7.53. The van der Waals surface area contributed by atoms with Crippen molar-refractivity contribution in [3.05, 3.63) is 24.3 Å². The summed E-state index contributed by atoms with van der Waals surface area (Å²) >= 11 is 1.46. The van der Waals surface area contributed by atoms with E-state index in [9.17, 15) is 9.59 Å². The molecule has 0 aliphatic heterocycles. The lowest BCUT2D eigenvalue weighted by molar-refractivity contribution is -0.143. The fourth-order valence-corrected chi connectivity index (χ4v) is 2.47. The highest BCUT2D eigenvalue weighted by Crippen LogP contribution is 2.25. The Labute approximate surface area is 129 Å². The molecule has 0 bridgehead atoms. The van der Waals surface area contributed by atoms with E-state index >= 15 is 0 Å². The molecule has 6 heteroatoms. The molecule has 1 N–H and O–H groups in total. The molecule has 0 unspecified atom stereocenters. The molecule has 1 rings (SSSR count). The summed E-state index contributed by atoms with van der Waals surface area (Å²) in [5.74, 6) is 0.388. The summed E-state index contributed by atoms with van der Waals surface area (Å²) in [5.41, 5.74) is 0. The Kier molecular flexibility index (Phi) is 7.68. The van der Waals surface area contributed by atoms with Gasteiger partial charge in [0.25, 0.3) is 0 Å². The maximum absolute atomic E-state index is 11.9. The molecule has 1 atom stereocenters. The summed E-state index contributed by atoms with van der Waals surface area (Å²) in [7, 11) is 1.61. The molecule has 0 heterocycles. The van der Waals surface area contributed by atoms with Crippen molar-refractivity contribution in [3.8, 4) is 5.75 Å². The highest BCUT2D eigenvalue weighted by atomic mass is 32.2. The molecule has 0 radical (unpaired) electrons. The Hall–Kier alpha value is -1.69. The van der Waals surface area contributed by atoms with Crippen LogP contribution in [-0.2, 0) is 14.3 Å². The van der Waals surface area contributed by atoms with Crippen LogP contribution < -0.4 is 10.1 Å². The van der Waals surface area contributed by atoms with Gasteiger partial charge in [-0.1, -0.05) is 0 Å². The molecule has 0 spiro atoms. The number of benzene rings is 1. The Morgan fingerprint density at radius 3 is 2.52 bits per heavy atom. The number of hydrogen-bond acceptors (Lipinski definition) is 5. The summed E-state index contributed by atoms with van der Waals surface area (Å²) in [4.78, 5) is 24.0. The molecule has 5 nitrogen and oxygen atoms in total. The summed E-state index contributed by atoms with van der Waals surface area (Å²) in [6.45, 7) is 4.24. The maximum atomic E-state index is 11.9. The summed E-state index contributed by atoms with van der Waals surface area (Å²) < 4.78 is 9.88. The van der Waals surface area contributed by atoms with E-state index in [0.717, 1.165) is 10.6 Å². The zero-order valence-corrected chi connectivity index (χ0v) is 13.4. The van der Waals surface area contributed by atoms with Crippen LogP contribution in [0, 0.1) is 0 Å². The number of hydrogen-bond donors (Lipinski definition) is 1. The Bertz CT molecular complexity index is 461. The molecular formula is C15H21NO4S. The van der Waals surface area contributed by atoms with E-state index in [-0.39, 0.29) is 23.5 Å². The van der Waals surface area contributed by atoms with Gasteiger partial charge in [-0.25, -0.2) is 0 Å². The number of ether oxygens (including phenoxy) is 2. The van der Waals surface area contributed by atoms with E-state index in [4.69, 9.17) is 9.47 Å². The molecule has 0 aromatic heterocycles. The number of amides is 1. The van der Waals surface area contributed by atoms with Gasteiger partial charge in [-0.3, -0.25) is 9.59 Å². The van der Waals surface area contributed by atoms with Gasteiger partial charge in [0.1, 0.15) is 5.75 Å². The molecule has 0 fully saturated rings. The van der Waals surface area contributed by atoms with Crippen molar-refractivity contribution in [2.75, 3.05) is 20.3 Å². The van der Waals surface area contributed by atoms with Crippen molar-refractivity contribution in [2.45, 2.75) is 30.4 Å². The monoisotopic (exact) mass is 311 g/mol. The minimum Gasteiger partial charge on any atom is -0.497 e. The molecule has 0 aliphatic carbocycles. The van der Waals surface area contributed by atoms with Gasteiger partial charge >= 0.3 is 5.97 Å². The quantitative estimate of drug-likeness (QED) is 0.589. The number of rotatable bonds is 8. The van der Waals surface area contributed by atoms with Gasteiger partial charge in [0, 0.05) is 11.4 Å². The van der Waals surface area contributed by atoms with Crippen molar-refractivity contribution in [2.24, 2.45) is 0 Å². The highest BCUT2D eigenvalue weighted by Gasteiger charge is 2.14. The molecule has 21 heavy (non-hydrogen) atoms. The minimum atomic E-state index is -0.298. The van der Waals surface area contributed by atoms with E-state index < -0.39 is 0 Å². The van der Waals surface area contributed by atoms with Crippen LogP contribution in [0.25, 0.3) is 0 Å². The van der Waals surface area contributed by atoms with Crippen molar-refractivity contribution >= 4 is 23.6 Å². The average Bonchev–Trinajstić information content (AvgIpc) is 2.48. The number of nitrogens with one attached hydrogen (secondary N) is 1. The fraction of sp³-hybridized carbons (Fsp3) is 0.467. The van der Waals surface area contributed by atoms with Crippen LogP contribution in [0.5, 0.6) is 5.75 Å². The molecule has 0 saturated heterocycles. The Balaban J connectivity index is 2.34. The first kappa shape index (κ1) is 17.4. The van der Waals surface area contributed by atoms with Crippen LogP contribution in [0.3, 0.4) is 0 Å². The van der Waals surface area contributed by atoms with Gasteiger partial charge in [0.15, 0.2) is 0 Å². The molecule has 116 valence electrons. The second kappa shape index (κ2) is 9.28. The zero-order chi connectivity index (χ0) is 15.7. The standard InChI is InChI=1S/C15H21NO4S/c1-4-20-14(17)9-10-16-15(18)11(2)21-13-7-5-12(19-3)6-8-13/h5-8,11H,4,9-10H2,1-3H3,(H,16,18)/t11-/m1/s1. The summed E-state index contributed by atoms with van der Waals surface area (Å²) in [5, 5.41) is 2.49. The van der Waals surface area contributed by atoms with Gasteiger partial charge in [0.2, 0.25) is 5.91 Å². The molecule has 1 amide bonds. The third-order valence-corrected chi connectivity index (χ3v) is 3.79. The lowest BCUT2D eigenvalue weighted by atomic mass is 10.3. The van der Waals surface area contributed by atoms with Crippen LogP contribution in [-0.4, -0.2) is 37.4 Å². The lowest BCUT2D eigenvalue weighted by Gasteiger charge is -2.12. The van der Waals surface area contributed by atoms with Gasteiger partial charge < -0.3 is 14.8 Å². The van der Waals surface area contributed by atoms with E-state index in [0.29, 0.717) is 13.2 Å². The third-order valence-electron chi connectivity index (χ3n) is 2.68. The Morgan fingerprint density at radius 2 is 1.95 bits per heavy atom. The largest absolute Gasteiger partial charge is 0.497 e. The molecule has 1 aromatic rings. The topological polar surface area (TPSA) is 64.6 Å². The third kappa shape index (κ3) is 6.53. The first-order valence-corrected chi connectivity index (χ1v) is 7.68. The van der Waals surface area contributed by atoms with Crippen molar-refractivity contribution < 1.29 is 19.1 Å². The molecule has 0 aliphatic rings. The van der Waals surface area contributed by atoms with Crippen LogP contribution >= 0.6 is 11.8 Å². The number of carbonyl (C=O) groups excluding carboxylic acids is 2. The summed E-state index contributed by atoms with van der Waals surface area (Å²) in [6.07, 6.45) is 0.194. The second-order valence-corrected chi connectivity index (χ2v) is 5.70. The molecular weight excluding hydrogens is 290 g/mol. The van der Waals surface area contributed by atoms with Crippen molar-refractivity contribution in [1.82, 2.24) is 5.32 Å². The predicted molar refractivity (Wildman–Crippen MR) is 82.6 cm³/mol. The predicted octanol–water partition coefficient (Wildman–Crippen LogP) is 2.25. The van der Waals surface area contributed by atoms with E-state index in [1.54, 1.807) is 14.0 Å². The minimum absolute atomic E-state index is 0.0971. The lowest BCUT2D eigenvalue weighted by Crippen LogP contribution is -2.32. The Morgan fingerprint density at radius 1 is 1.29 bits per heavy atom. The average molecular weight is 311 g/mol. The zero-order valence-electron chi connectivity index (χ0n) is 12.5. The van der Waals surface area contributed by atoms with Gasteiger partial charge in [-0.2, -0.15) is 0 Å². The van der Waals surface area contributed by atoms with Gasteiger partial charge in [0.05, 0.1) is 25.4 Å². The fourth-order valence-electron chi connectivity index (χ4n) is 1.58. The van der Waals surface area contributed by atoms with E-state index in [2.05, 4.69) is 5.32 Å². The van der Waals surface area contributed by atoms with Crippen LogP contribution in [0.4, 0.5) is 0 Å². The van der Waals surface area contributed by atoms with Crippen LogP contribution in [0.1, 0.15) is 20.3 Å². The molecule has 1 aromatic carbocycles. The maximum Gasteiger partial charge on any atom is 0.307 e. The normalized spacial score (nSPS) is 11.6. The van der Waals surface area contributed by atoms with Crippen molar-refractivity contribution in [1.29, 1.82) is 0 Å². The van der Waals surface area contributed by atoms with Gasteiger partial charge in [-0.05, 0) is 38.1 Å². The number of esters is 1. The van der Waals surface area contributed by atoms with Crippen LogP contribution in [0.15, 0.2) is 29.2 Å². The van der Waals surface area contributed by atoms with Gasteiger partial charge in [-0.15, -0.1) is 11.8 Å². The smallest absolute Gasteiger partial charge is 0.307 e. The van der Waals surface area contributed by atoms with E-state index in [1.807, 2.05) is 31.2 Å². The first-order valence-electron chi connectivity index (χ1n) is 6.80. The number of carbonyl (C=O) groups is 2. The number of thioether (sulfide) groups is 1. The van der Waals surface area contributed by atoms with Crippen LogP contribution in [0.2, 0.25) is 0 Å². The van der Waals surface area contributed by atoms with Crippen molar-refractivity contribution in [3.63, 3.8) is 0 Å². The number of methoxy groups -OCH3 is 1. The highest BCUT2D eigenvalue weighted by molar-refractivity contribution is 8.00.